The number of fused-ring (bicyclic) bond motifs is 1. The zero-order chi connectivity index (χ0) is 32.3. The summed E-state index contributed by atoms with van der Waals surface area (Å²) >= 11 is 18.6. The number of rotatable bonds is 10. The van der Waals surface area contributed by atoms with E-state index in [1.165, 1.54) is 38.1 Å². The fraction of sp³-hybridized carbons (Fsp3) is 0.536. The summed E-state index contributed by atoms with van der Waals surface area (Å²) in [5, 5.41) is 2.75. The number of hydrogen-bond donors (Lipinski definition) is 1. The van der Waals surface area contributed by atoms with Crippen LogP contribution in [0.1, 0.15) is 19.4 Å². The van der Waals surface area contributed by atoms with Gasteiger partial charge in [0.1, 0.15) is 30.4 Å². The van der Waals surface area contributed by atoms with Gasteiger partial charge in [-0.05, 0) is 45.0 Å². The Morgan fingerprint density at radius 1 is 0.977 bits per heavy atom. The third-order valence-corrected chi connectivity index (χ3v) is 10.1. The Labute approximate surface area is 276 Å². The van der Waals surface area contributed by atoms with Crippen molar-refractivity contribution in [1.29, 1.82) is 0 Å². The number of thioether (sulfide) groups is 1. The van der Waals surface area contributed by atoms with Crippen molar-refractivity contribution in [2.24, 2.45) is 0 Å². The molecule has 0 aliphatic carbocycles. The van der Waals surface area contributed by atoms with Crippen LogP contribution < -0.4 is 5.32 Å². The van der Waals surface area contributed by atoms with Crippen LogP contribution in [0.4, 0.5) is 4.79 Å². The second-order valence-corrected chi connectivity index (χ2v) is 15.7. The average Bonchev–Trinajstić information content (AvgIpc) is 2.98. The van der Waals surface area contributed by atoms with Crippen LogP contribution in [0.5, 0.6) is 0 Å². The van der Waals surface area contributed by atoms with Gasteiger partial charge < -0.3 is 33.7 Å². The molecule has 2 fully saturated rings. The number of alkyl halides is 3. The number of halogens is 3. The molecule has 1 N–H and O–H groups in total. The molecule has 0 radical (unpaired) electrons. The molecule has 1 amide bonds. The second-order valence-electron chi connectivity index (χ2n) is 10.4. The lowest BCUT2D eigenvalue weighted by Crippen LogP contribution is -2.74. The van der Waals surface area contributed by atoms with Crippen LogP contribution >= 0.6 is 46.6 Å². The summed E-state index contributed by atoms with van der Waals surface area (Å²) < 4.78 is 65.7. The molecule has 2 heterocycles. The first-order valence-electron chi connectivity index (χ1n) is 13.4. The van der Waals surface area contributed by atoms with Gasteiger partial charge in [0.25, 0.3) is 10.1 Å². The molecule has 11 nitrogen and oxygen atoms in total. The molecule has 44 heavy (non-hydrogen) atoms. The third-order valence-electron chi connectivity index (χ3n) is 7.32. The summed E-state index contributed by atoms with van der Waals surface area (Å²) in [5.74, 6) is -2.97. The molecule has 2 aliphatic rings. The first-order valence-corrected chi connectivity index (χ1v) is 16.8. The Balaban J connectivity index is 1.69. The zero-order valence-electron chi connectivity index (χ0n) is 24.5. The van der Waals surface area contributed by atoms with Crippen molar-refractivity contribution >= 4 is 62.8 Å². The number of ether oxygens (including phenoxy) is 6. The highest BCUT2D eigenvalue weighted by Gasteiger charge is 2.63. The number of alkyl carbamates (subject to hydrolysis) is 1. The van der Waals surface area contributed by atoms with Gasteiger partial charge in [0.15, 0.2) is 0 Å². The molecule has 0 spiro atoms. The summed E-state index contributed by atoms with van der Waals surface area (Å²) in [6, 6.07) is 14.5. The molecule has 0 saturated carbocycles. The molecule has 0 unspecified atom stereocenters. The molecule has 0 bridgehead atoms. The number of aryl methyl sites for hydroxylation is 1. The lowest BCUT2D eigenvalue weighted by atomic mass is 9.93. The Kier molecular flexibility index (Phi) is 11.4. The quantitative estimate of drug-likeness (QED) is 0.258. The van der Waals surface area contributed by atoms with Gasteiger partial charge in [0.2, 0.25) is 15.4 Å². The molecule has 16 heteroatoms. The van der Waals surface area contributed by atoms with E-state index in [2.05, 4.69) is 5.32 Å². The lowest BCUT2D eigenvalue weighted by Gasteiger charge is -2.57. The number of benzene rings is 2. The Morgan fingerprint density at radius 3 is 2.14 bits per heavy atom. The largest absolute Gasteiger partial charge is 0.445 e. The van der Waals surface area contributed by atoms with Crippen molar-refractivity contribution in [3.05, 3.63) is 60.2 Å². The van der Waals surface area contributed by atoms with Crippen LogP contribution in [0.15, 0.2) is 64.4 Å². The normalized spacial score (nSPS) is 30.8. The van der Waals surface area contributed by atoms with Gasteiger partial charge in [-0.2, -0.15) is 8.42 Å². The van der Waals surface area contributed by atoms with Crippen LogP contribution in [0.3, 0.4) is 0 Å². The number of methoxy groups -OCH3 is 2. The first-order chi connectivity index (χ1) is 20.6. The second kappa shape index (κ2) is 14.2. The van der Waals surface area contributed by atoms with Crippen molar-refractivity contribution in [2.45, 2.75) is 75.7 Å². The standard InChI is InChI=1S/C28H34Cl3NO10S2/c1-17-11-13-19(14-12-17)44(34,35)39-15-20-22-23(42-27(3,37-5)26(2,36-4)41-22)21(32-25(33)38-16-28(29,30)31)24(40-20)43-18-9-7-6-8-10-18/h6-14,20-24H,15-16H2,1-5H3,(H,32,33)/t20-,21-,22-,23-,24+,26+,27+/m1/s1. The van der Waals surface area contributed by atoms with Gasteiger partial charge in [-0.1, -0.05) is 82.5 Å². The minimum Gasteiger partial charge on any atom is -0.445 e. The third kappa shape index (κ3) is 8.31. The predicted molar refractivity (Wildman–Crippen MR) is 164 cm³/mol. The highest BCUT2D eigenvalue weighted by molar-refractivity contribution is 7.99. The Hall–Kier alpha value is -1.36. The summed E-state index contributed by atoms with van der Waals surface area (Å²) in [6.45, 7) is 4.10. The SMILES string of the molecule is CO[C@@]1(C)O[C@@H]2[C@@H](NC(=O)OCC(Cl)(Cl)Cl)[C@H](Sc3ccccc3)O[C@H](COS(=O)(=O)c3ccc(C)cc3)[C@H]2O[C@]1(C)OC. The number of carbonyl (C=O) groups is 1. The van der Waals surface area contributed by atoms with Gasteiger partial charge in [0.05, 0.1) is 17.5 Å². The summed E-state index contributed by atoms with van der Waals surface area (Å²) in [5.41, 5.74) is 0.0214. The van der Waals surface area contributed by atoms with E-state index in [0.717, 1.165) is 10.5 Å². The van der Waals surface area contributed by atoms with Crippen molar-refractivity contribution in [2.75, 3.05) is 27.4 Å². The minimum atomic E-state index is -4.17. The molecule has 2 aliphatic heterocycles. The zero-order valence-corrected chi connectivity index (χ0v) is 28.4. The highest BCUT2D eigenvalue weighted by Crippen LogP contribution is 2.46. The maximum Gasteiger partial charge on any atom is 0.407 e. The lowest BCUT2D eigenvalue weighted by molar-refractivity contribution is -0.464. The van der Waals surface area contributed by atoms with E-state index in [9.17, 15) is 13.2 Å². The molecule has 0 aromatic heterocycles. The average molecular weight is 715 g/mol. The smallest absolute Gasteiger partial charge is 0.407 e. The van der Waals surface area contributed by atoms with E-state index >= 15 is 0 Å². The Bertz CT molecular complexity index is 1380. The molecule has 7 atom stereocenters. The highest BCUT2D eigenvalue weighted by atomic mass is 35.6. The molecule has 2 aromatic carbocycles. The van der Waals surface area contributed by atoms with Crippen LogP contribution in [0, 0.1) is 6.92 Å². The molecule has 4 rings (SSSR count). The maximum atomic E-state index is 13.1. The van der Waals surface area contributed by atoms with Crippen molar-refractivity contribution in [1.82, 2.24) is 5.32 Å². The molecular weight excluding hydrogens is 681 g/mol. The van der Waals surface area contributed by atoms with E-state index in [4.69, 9.17) is 67.4 Å². The van der Waals surface area contributed by atoms with Crippen molar-refractivity contribution in [3.63, 3.8) is 0 Å². The molecule has 244 valence electrons. The minimum absolute atomic E-state index is 0.0172. The van der Waals surface area contributed by atoms with E-state index in [0.29, 0.717) is 0 Å². The molecular formula is C28H34Cl3NO10S2. The molecule has 2 saturated heterocycles. The van der Waals surface area contributed by atoms with Gasteiger partial charge in [-0.25, -0.2) is 4.79 Å². The number of carbonyl (C=O) groups excluding carboxylic acids is 1. The van der Waals surface area contributed by atoms with Crippen molar-refractivity contribution in [3.8, 4) is 0 Å². The topological polar surface area (TPSA) is 128 Å². The molecule has 2 aromatic rings. The monoisotopic (exact) mass is 713 g/mol. The van der Waals surface area contributed by atoms with E-state index in [-0.39, 0.29) is 4.90 Å². The number of amides is 1. The summed E-state index contributed by atoms with van der Waals surface area (Å²) in [7, 11) is -1.34. The summed E-state index contributed by atoms with van der Waals surface area (Å²) in [4.78, 5) is 13.7. The fourth-order valence-electron chi connectivity index (χ4n) is 4.66. The van der Waals surface area contributed by atoms with Gasteiger partial charge >= 0.3 is 6.09 Å². The van der Waals surface area contributed by atoms with E-state index in [1.807, 2.05) is 37.3 Å². The van der Waals surface area contributed by atoms with Gasteiger partial charge in [-0.15, -0.1) is 0 Å². The van der Waals surface area contributed by atoms with Gasteiger partial charge in [-0.3, -0.25) is 4.18 Å². The van der Waals surface area contributed by atoms with Crippen LogP contribution in [-0.2, 0) is 42.7 Å². The Morgan fingerprint density at radius 2 is 1.57 bits per heavy atom. The van der Waals surface area contributed by atoms with Crippen LogP contribution in [0.2, 0.25) is 0 Å². The van der Waals surface area contributed by atoms with Crippen LogP contribution in [0.25, 0.3) is 0 Å². The maximum absolute atomic E-state index is 13.1. The number of nitrogens with one attached hydrogen (secondary N) is 1. The predicted octanol–water partition coefficient (Wildman–Crippen LogP) is 5.19. The van der Waals surface area contributed by atoms with Crippen molar-refractivity contribution < 1.29 is 45.8 Å². The van der Waals surface area contributed by atoms with E-state index in [1.54, 1.807) is 26.0 Å². The van der Waals surface area contributed by atoms with E-state index < -0.39 is 74.6 Å². The number of hydrogen-bond acceptors (Lipinski definition) is 11. The fourth-order valence-corrected chi connectivity index (χ4v) is 6.89. The van der Waals surface area contributed by atoms with Crippen LogP contribution in [-0.4, -0.2) is 87.1 Å². The summed E-state index contributed by atoms with van der Waals surface area (Å²) in [6.07, 6.45) is -3.95. The van der Waals surface area contributed by atoms with Gasteiger partial charge in [0, 0.05) is 19.1 Å². The first kappa shape index (κ1) is 35.5.